The molecule has 0 saturated carbocycles. The number of nitrogens with zero attached hydrogens (tertiary/aromatic N) is 2. The number of nitrogens with one attached hydrogen (secondary N) is 1. The average molecular weight is 408 g/mol. The summed E-state index contributed by atoms with van der Waals surface area (Å²) in [6.45, 7) is 4.16. The van der Waals surface area contributed by atoms with Gasteiger partial charge in [-0.15, -0.1) is 11.3 Å². The number of hydrogen-bond acceptors (Lipinski definition) is 5. The van der Waals surface area contributed by atoms with E-state index in [4.69, 9.17) is 4.74 Å². The van der Waals surface area contributed by atoms with Crippen LogP contribution in [-0.2, 0) is 11.2 Å². The maximum Gasteiger partial charge on any atom is 0.228 e. The van der Waals surface area contributed by atoms with Gasteiger partial charge in [0.05, 0.1) is 18.7 Å². The molecule has 5 nitrogen and oxygen atoms in total. The van der Waals surface area contributed by atoms with E-state index in [1.807, 2.05) is 59.7 Å². The normalized spacial score (nSPS) is 16.0. The third kappa shape index (κ3) is 4.95. The smallest absolute Gasteiger partial charge is 0.228 e. The summed E-state index contributed by atoms with van der Waals surface area (Å²) in [6.07, 6.45) is 1.32. The van der Waals surface area contributed by atoms with Crippen LogP contribution in [0.3, 0.4) is 0 Å². The van der Waals surface area contributed by atoms with E-state index in [0.717, 1.165) is 47.2 Å². The van der Waals surface area contributed by atoms with Crippen molar-refractivity contribution in [2.45, 2.75) is 25.8 Å². The maximum absolute atomic E-state index is 12.7. The number of thiazole rings is 1. The number of para-hydroxylation sites is 1. The van der Waals surface area contributed by atoms with Gasteiger partial charge < -0.3 is 15.0 Å². The Kier molecular flexibility index (Phi) is 6.10. The topological polar surface area (TPSA) is 54.5 Å². The fourth-order valence-corrected chi connectivity index (χ4v) is 4.35. The summed E-state index contributed by atoms with van der Waals surface area (Å²) in [5.41, 5.74) is 2.99. The molecule has 1 unspecified atom stereocenters. The average Bonchev–Trinajstić information content (AvgIpc) is 3.39. The third-order valence-electron chi connectivity index (χ3n) is 4.98. The van der Waals surface area contributed by atoms with E-state index < -0.39 is 0 Å². The molecular formula is C23H25N3O2S. The fraction of sp³-hybridized carbons (Fsp3) is 0.304. The minimum Gasteiger partial charge on any atom is -0.494 e. The Balaban J connectivity index is 1.32. The Hall–Kier alpha value is -2.86. The Bertz CT molecular complexity index is 940. The van der Waals surface area contributed by atoms with Crippen LogP contribution >= 0.6 is 11.3 Å². The third-order valence-corrected chi connectivity index (χ3v) is 5.92. The molecule has 1 aromatic heterocycles. The zero-order valence-corrected chi connectivity index (χ0v) is 17.3. The molecule has 0 bridgehead atoms. The number of anilines is 1. The molecular weight excluding hydrogens is 382 g/mol. The largest absolute Gasteiger partial charge is 0.494 e. The van der Waals surface area contributed by atoms with E-state index >= 15 is 0 Å². The number of rotatable bonds is 7. The Labute approximate surface area is 175 Å². The summed E-state index contributed by atoms with van der Waals surface area (Å²) < 4.78 is 5.49. The van der Waals surface area contributed by atoms with Crippen LogP contribution in [0, 0.1) is 0 Å². The quantitative estimate of drug-likeness (QED) is 0.628. The first-order chi connectivity index (χ1) is 14.2. The van der Waals surface area contributed by atoms with Gasteiger partial charge >= 0.3 is 0 Å². The molecule has 3 aromatic rings. The van der Waals surface area contributed by atoms with Crippen molar-refractivity contribution in [3.8, 4) is 16.3 Å². The van der Waals surface area contributed by atoms with Gasteiger partial charge in [0.1, 0.15) is 10.8 Å². The molecule has 1 N–H and O–H groups in total. The van der Waals surface area contributed by atoms with Crippen LogP contribution < -0.4 is 10.1 Å². The van der Waals surface area contributed by atoms with Gasteiger partial charge in [0.15, 0.2) is 0 Å². The number of amides is 1. The lowest BCUT2D eigenvalue weighted by atomic mass is 10.2. The molecule has 0 radical (unpaired) electrons. The van der Waals surface area contributed by atoms with Crippen molar-refractivity contribution >= 4 is 22.9 Å². The van der Waals surface area contributed by atoms with Crippen molar-refractivity contribution in [2.24, 2.45) is 0 Å². The molecule has 1 atom stereocenters. The second kappa shape index (κ2) is 9.09. The summed E-state index contributed by atoms with van der Waals surface area (Å²) in [6, 6.07) is 18.4. The highest BCUT2D eigenvalue weighted by molar-refractivity contribution is 7.13. The molecule has 29 heavy (non-hydrogen) atoms. The maximum atomic E-state index is 12.7. The molecule has 0 aliphatic carbocycles. The Morgan fingerprint density at radius 2 is 2.00 bits per heavy atom. The van der Waals surface area contributed by atoms with E-state index in [-0.39, 0.29) is 5.91 Å². The molecule has 1 aliphatic rings. The first-order valence-corrected chi connectivity index (χ1v) is 10.9. The number of ether oxygens (including phenoxy) is 1. The van der Waals surface area contributed by atoms with Crippen LogP contribution in [0.5, 0.6) is 5.75 Å². The molecule has 1 fully saturated rings. The lowest BCUT2D eigenvalue weighted by Crippen LogP contribution is -2.32. The fourth-order valence-electron chi connectivity index (χ4n) is 3.52. The number of carbonyl (C=O) groups excluding carboxylic acids is 1. The van der Waals surface area contributed by atoms with Gasteiger partial charge in [0.25, 0.3) is 0 Å². The standard InChI is InChI=1S/C23H25N3O2S/c1-2-28-21-10-8-17(9-11-21)23-25-20(16-29-23)14-22(27)26-13-12-19(15-26)24-18-6-4-3-5-7-18/h3-11,16,19,24H,2,12-15H2,1H3. The highest BCUT2D eigenvalue weighted by atomic mass is 32.1. The monoisotopic (exact) mass is 407 g/mol. The molecule has 1 aliphatic heterocycles. The number of hydrogen-bond donors (Lipinski definition) is 1. The van der Waals surface area contributed by atoms with Gasteiger partial charge in [-0.05, 0) is 49.7 Å². The molecule has 4 rings (SSSR count). The van der Waals surface area contributed by atoms with Crippen molar-refractivity contribution < 1.29 is 9.53 Å². The first-order valence-electron chi connectivity index (χ1n) is 9.98. The van der Waals surface area contributed by atoms with Crippen molar-refractivity contribution in [1.82, 2.24) is 9.88 Å². The summed E-state index contributed by atoms with van der Waals surface area (Å²) in [7, 11) is 0. The Morgan fingerprint density at radius 1 is 1.21 bits per heavy atom. The van der Waals surface area contributed by atoms with Gasteiger partial charge in [-0.2, -0.15) is 0 Å². The van der Waals surface area contributed by atoms with E-state index in [1.54, 1.807) is 11.3 Å². The van der Waals surface area contributed by atoms with E-state index in [0.29, 0.717) is 19.1 Å². The molecule has 1 amide bonds. The highest BCUT2D eigenvalue weighted by Crippen LogP contribution is 2.26. The summed E-state index contributed by atoms with van der Waals surface area (Å²) in [5, 5.41) is 6.43. The summed E-state index contributed by atoms with van der Waals surface area (Å²) in [5.74, 6) is 1.00. The molecule has 1 saturated heterocycles. The van der Waals surface area contributed by atoms with Crippen molar-refractivity contribution in [2.75, 3.05) is 25.0 Å². The van der Waals surface area contributed by atoms with Gasteiger partial charge in [0.2, 0.25) is 5.91 Å². The molecule has 150 valence electrons. The zero-order valence-electron chi connectivity index (χ0n) is 16.5. The first kappa shape index (κ1) is 19.5. The summed E-state index contributed by atoms with van der Waals surface area (Å²) >= 11 is 1.57. The van der Waals surface area contributed by atoms with Crippen molar-refractivity contribution in [3.05, 3.63) is 65.7 Å². The predicted molar refractivity (Wildman–Crippen MR) is 117 cm³/mol. The van der Waals surface area contributed by atoms with E-state index in [1.165, 1.54) is 0 Å². The van der Waals surface area contributed by atoms with E-state index in [9.17, 15) is 4.79 Å². The van der Waals surface area contributed by atoms with Gasteiger partial charge in [-0.25, -0.2) is 4.98 Å². The predicted octanol–water partition coefficient (Wildman–Crippen LogP) is 4.46. The SMILES string of the molecule is CCOc1ccc(-c2nc(CC(=O)N3CCC(Nc4ccccc4)C3)cs2)cc1. The van der Waals surface area contributed by atoms with E-state index in [2.05, 4.69) is 22.4 Å². The molecule has 2 heterocycles. The van der Waals surface area contributed by atoms with Crippen LogP contribution in [0.2, 0.25) is 0 Å². The number of aromatic nitrogens is 1. The lowest BCUT2D eigenvalue weighted by Gasteiger charge is -2.17. The van der Waals surface area contributed by atoms with Gasteiger partial charge in [0, 0.05) is 35.8 Å². The Morgan fingerprint density at radius 3 is 2.76 bits per heavy atom. The number of benzene rings is 2. The van der Waals surface area contributed by atoms with Crippen LogP contribution in [0.4, 0.5) is 5.69 Å². The number of carbonyl (C=O) groups is 1. The second-order valence-corrected chi connectivity index (χ2v) is 7.97. The van der Waals surface area contributed by atoms with Crippen molar-refractivity contribution in [3.63, 3.8) is 0 Å². The second-order valence-electron chi connectivity index (χ2n) is 7.11. The minimum absolute atomic E-state index is 0.144. The molecule has 0 spiro atoms. The lowest BCUT2D eigenvalue weighted by molar-refractivity contribution is -0.129. The van der Waals surface area contributed by atoms with Crippen LogP contribution in [0.15, 0.2) is 60.0 Å². The highest BCUT2D eigenvalue weighted by Gasteiger charge is 2.26. The van der Waals surface area contributed by atoms with Gasteiger partial charge in [-0.3, -0.25) is 4.79 Å². The summed E-state index contributed by atoms with van der Waals surface area (Å²) in [4.78, 5) is 19.3. The molecule has 6 heteroatoms. The van der Waals surface area contributed by atoms with Crippen LogP contribution in [0.25, 0.3) is 10.6 Å². The zero-order chi connectivity index (χ0) is 20.1. The van der Waals surface area contributed by atoms with Gasteiger partial charge in [-0.1, -0.05) is 18.2 Å². The number of likely N-dealkylation sites (tertiary alicyclic amines) is 1. The minimum atomic E-state index is 0.144. The van der Waals surface area contributed by atoms with Crippen LogP contribution in [0.1, 0.15) is 19.0 Å². The van der Waals surface area contributed by atoms with Crippen molar-refractivity contribution in [1.29, 1.82) is 0 Å². The van der Waals surface area contributed by atoms with Crippen LogP contribution in [-0.4, -0.2) is 41.5 Å². The molecule has 2 aromatic carbocycles.